The fourth-order valence-corrected chi connectivity index (χ4v) is 3.15. The molecule has 0 fully saturated rings. The number of phenolic OH excluding ortho intramolecular Hbond substituents is 1. The van der Waals surface area contributed by atoms with Gasteiger partial charge in [0.05, 0.1) is 7.11 Å². The molecule has 0 spiro atoms. The lowest BCUT2D eigenvalue weighted by atomic mass is 9.79. The van der Waals surface area contributed by atoms with Crippen molar-refractivity contribution < 1.29 is 9.84 Å². The molecule has 2 rings (SSSR count). The summed E-state index contributed by atoms with van der Waals surface area (Å²) in [5.74, 6) is 2.34. The third-order valence-electron chi connectivity index (χ3n) is 4.21. The van der Waals surface area contributed by atoms with Gasteiger partial charge < -0.3 is 9.84 Å². The van der Waals surface area contributed by atoms with Gasteiger partial charge in [-0.05, 0) is 60.8 Å². The van der Waals surface area contributed by atoms with E-state index in [4.69, 9.17) is 4.74 Å². The van der Waals surface area contributed by atoms with Crippen LogP contribution in [0.25, 0.3) is 0 Å². The number of methoxy groups -OCH3 is 1. The molecular weight excluding hydrogens is 236 g/mol. The van der Waals surface area contributed by atoms with Crippen molar-refractivity contribution in [2.45, 2.75) is 58.3 Å². The average Bonchev–Trinajstić information content (AvgIpc) is 2.37. The van der Waals surface area contributed by atoms with E-state index in [1.807, 2.05) is 6.07 Å². The van der Waals surface area contributed by atoms with Crippen LogP contribution in [0.3, 0.4) is 0 Å². The Morgan fingerprint density at radius 1 is 1.37 bits per heavy atom. The van der Waals surface area contributed by atoms with Gasteiger partial charge in [0.1, 0.15) is 0 Å². The van der Waals surface area contributed by atoms with Gasteiger partial charge in [-0.25, -0.2) is 0 Å². The molecule has 0 heterocycles. The third-order valence-corrected chi connectivity index (χ3v) is 4.21. The van der Waals surface area contributed by atoms with Gasteiger partial charge in [-0.1, -0.05) is 26.7 Å². The van der Waals surface area contributed by atoms with Crippen molar-refractivity contribution in [1.82, 2.24) is 0 Å². The van der Waals surface area contributed by atoms with Crippen LogP contribution in [0.1, 0.15) is 63.0 Å². The van der Waals surface area contributed by atoms with Crippen LogP contribution in [0.4, 0.5) is 0 Å². The molecule has 106 valence electrons. The highest BCUT2D eigenvalue weighted by Gasteiger charge is 2.22. The molecule has 0 bridgehead atoms. The zero-order valence-corrected chi connectivity index (χ0v) is 12.4. The minimum Gasteiger partial charge on any atom is -0.504 e. The van der Waals surface area contributed by atoms with Crippen LogP contribution in [0.15, 0.2) is 12.1 Å². The van der Waals surface area contributed by atoms with Crippen LogP contribution < -0.4 is 4.74 Å². The molecular formula is C17H26O2. The van der Waals surface area contributed by atoms with E-state index in [2.05, 4.69) is 19.9 Å². The average molecular weight is 262 g/mol. The van der Waals surface area contributed by atoms with Gasteiger partial charge in [0.25, 0.3) is 0 Å². The van der Waals surface area contributed by atoms with Crippen molar-refractivity contribution >= 4 is 0 Å². The minimum absolute atomic E-state index is 0.282. The zero-order chi connectivity index (χ0) is 13.8. The van der Waals surface area contributed by atoms with Gasteiger partial charge in [0, 0.05) is 0 Å². The molecule has 19 heavy (non-hydrogen) atoms. The minimum atomic E-state index is 0.282. The molecule has 2 heteroatoms. The summed E-state index contributed by atoms with van der Waals surface area (Å²) in [5.41, 5.74) is 2.73. The van der Waals surface area contributed by atoms with Crippen LogP contribution in [0.2, 0.25) is 0 Å². The van der Waals surface area contributed by atoms with Crippen LogP contribution in [0, 0.1) is 5.92 Å². The summed E-state index contributed by atoms with van der Waals surface area (Å²) >= 11 is 0. The number of hydrogen-bond acceptors (Lipinski definition) is 2. The Hall–Kier alpha value is -1.18. The maximum atomic E-state index is 9.88. The summed E-state index contributed by atoms with van der Waals surface area (Å²) in [6.45, 7) is 4.58. The van der Waals surface area contributed by atoms with Gasteiger partial charge in [-0.15, -0.1) is 0 Å². The zero-order valence-electron chi connectivity index (χ0n) is 12.4. The second kappa shape index (κ2) is 6.31. The number of phenols is 1. The molecule has 1 aromatic carbocycles. The molecule has 0 radical (unpaired) electrons. The van der Waals surface area contributed by atoms with E-state index < -0.39 is 0 Å². The smallest absolute Gasteiger partial charge is 0.160 e. The first-order valence-corrected chi connectivity index (χ1v) is 7.51. The SMILES string of the molecule is COc1cc2c(cc1O)CCCC2CCCC(C)C. The monoisotopic (exact) mass is 262 g/mol. The van der Waals surface area contributed by atoms with E-state index in [-0.39, 0.29) is 5.75 Å². The number of aryl methyl sites for hydroxylation is 1. The first-order valence-electron chi connectivity index (χ1n) is 7.51. The summed E-state index contributed by atoms with van der Waals surface area (Å²) in [6.07, 6.45) is 7.48. The molecule has 1 aromatic rings. The molecule has 1 unspecified atom stereocenters. The number of ether oxygens (including phenoxy) is 1. The predicted octanol–water partition coefficient (Wildman–Crippen LogP) is 4.65. The van der Waals surface area contributed by atoms with Crippen LogP contribution in [-0.2, 0) is 6.42 Å². The molecule has 1 N–H and O–H groups in total. The maximum absolute atomic E-state index is 9.88. The van der Waals surface area contributed by atoms with Crippen molar-refractivity contribution in [2.75, 3.05) is 7.11 Å². The Morgan fingerprint density at radius 3 is 2.84 bits per heavy atom. The molecule has 0 aromatic heterocycles. The highest BCUT2D eigenvalue weighted by Crippen LogP contribution is 2.40. The largest absolute Gasteiger partial charge is 0.504 e. The Labute approximate surface area is 116 Å². The van der Waals surface area contributed by atoms with Gasteiger partial charge in [0.2, 0.25) is 0 Å². The highest BCUT2D eigenvalue weighted by molar-refractivity contribution is 5.48. The molecule has 0 saturated carbocycles. The Kier molecular flexibility index (Phi) is 4.73. The molecule has 1 aliphatic rings. The molecule has 0 amide bonds. The Bertz CT molecular complexity index is 424. The third kappa shape index (κ3) is 3.43. The van der Waals surface area contributed by atoms with E-state index in [0.717, 1.165) is 12.3 Å². The highest BCUT2D eigenvalue weighted by atomic mass is 16.5. The van der Waals surface area contributed by atoms with Gasteiger partial charge in [-0.2, -0.15) is 0 Å². The number of aromatic hydroxyl groups is 1. The van der Waals surface area contributed by atoms with Crippen LogP contribution >= 0.6 is 0 Å². The number of benzene rings is 1. The quantitative estimate of drug-likeness (QED) is 0.837. The molecule has 1 aliphatic carbocycles. The fraction of sp³-hybridized carbons (Fsp3) is 0.647. The van der Waals surface area contributed by atoms with Crippen molar-refractivity contribution in [3.05, 3.63) is 23.3 Å². The second-order valence-corrected chi connectivity index (χ2v) is 6.14. The Balaban J connectivity index is 2.13. The molecule has 1 atom stereocenters. The summed E-state index contributed by atoms with van der Waals surface area (Å²) in [4.78, 5) is 0. The van der Waals surface area contributed by atoms with Gasteiger partial charge in [-0.3, -0.25) is 0 Å². The standard InChI is InChI=1S/C17H26O2/c1-12(2)6-4-7-13-8-5-9-14-10-16(18)17(19-3)11-15(13)14/h10-13,18H,4-9H2,1-3H3. The van der Waals surface area contributed by atoms with E-state index in [0.29, 0.717) is 11.7 Å². The van der Waals surface area contributed by atoms with Crippen LogP contribution in [0.5, 0.6) is 11.5 Å². The first-order chi connectivity index (χ1) is 9.11. The lowest BCUT2D eigenvalue weighted by Crippen LogP contribution is -2.10. The maximum Gasteiger partial charge on any atom is 0.160 e. The Morgan fingerprint density at radius 2 is 2.16 bits per heavy atom. The number of rotatable bonds is 5. The fourth-order valence-electron chi connectivity index (χ4n) is 3.15. The molecule has 0 aliphatic heterocycles. The summed E-state index contributed by atoms with van der Waals surface area (Å²) in [6, 6.07) is 3.96. The summed E-state index contributed by atoms with van der Waals surface area (Å²) in [5, 5.41) is 9.88. The van der Waals surface area contributed by atoms with E-state index in [1.165, 1.54) is 43.2 Å². The van der Waals surface area contributed by atoms with Crippen LogP contribution in [-0.4, -0.2) is 12.2 Å². The molecule has 0 saturated heterocycles. The lowest BCUT2D eigenvalue weighted by molar-refractivity contribution is 0.369. The normalized spacial score (nSPS) is 18.4. The van der Waals surface area contributed by atoms with Crippen molar-refractivity contribution in [1.29, 1.82) is 0 Å². The number of fused-ring (bicyclic) bond motifs is 1. The predicted molar refractivity (Wildman–Crippen MR) is 79.0 cm³/mol. The number of hydrogen-bond donors (Lipinski definition) is 1. The first kappa shape index (κ1) is 14.2. The van der Waals surface area contributed by atoms with Gasteiger partial charge in [0.15, 0.2) is 11.5 Å². The van der Waals surface area contributed by atoms with E-state index in [1.54, 1.807) is 7.11 Å². The van der Waals surface area contributed by atoms with E-state index >= 15 is 0 Å². The van der Waals surface area contributed by atoms with Gasteiger partial charge >= 0.3 is 0 Å². The lowest BCUT2D eigenvalue weighted by Gasteiger charge is -2.26. The summed E-state index contributed by atoms with van der Waals surface area (Å²) < 4.78 is 5.25. The second-order valence-electron chi connectivity index (χ2n) is 6.14. The van der Waals surface area contributed by atoms with Crippen molar-refractivity contribution in [2.24, 2.45) is 5.92 Å². The summed E-state index contributed by atoms with van der Waals surface area (Å²) in [7, 11) is 1.62. The van der Waals surface area contributed by atoms with Crippen molar-refractivity contribution in [3.63, 3.8) is 0 Å². The van der Waals surface area contributed by atoms with Crippen molar-refractivity contribution in [3.8, 4) is 11.5 Å². The van der Waals surface area contributed by atoms with E-state index in [9.17, 15) is 5.11 Å². The molecule has 2 nitrogen and oxygen atoms in total. The topological polar surface area (TPSA) is 29.5 Å².